The lowest BCUT2D eigenvalue weighted by molar-refractivity contribution is 0.175. The standard InChI is InChI=1S/C10H21IN2/c1-8(2)13-5-4-12-10(11)6-9(3)7-13/h8-10,12H,4-7H2,1-3H3. The summed E-state index contributed by atoms with van der Waals surface area (Å²) in [6.45, 7) is 10.5. The SMILES string of the molecule is CC1CC(I)NCCN(C(C)C)C1. The first-order valence-corrected chi connectivity index (χ1v) is 6.45. The lowest BCUT2D eigenvalue weighted by Crippen LogP contribution is -2.44. The maximum atomic E-state index is 3.54. The molecule has 0 radical (unpaired) electrons. The number of halogens is 1. The molecule has 0 bridgehead atoms. The van der Waals surface area contributed by atoms with Crippen molar-refractivity contribution in [2.45, 2.75) is 37.3 Å². The fraction of sp³-hybridized carbons (Fsp3) is 1.00. The van der Waals surface area contributed by atoms with Crippen LogP contribution in [0.5, 0.6) is 0 Å². The first-order chi connectivity index (χ1) is 6.09. The summed E-state index contributed by atoms with van der Waals surface area (Å²) in [5.74, 6) is 0.817. The van der Waals surface area contributed by atoms with Crippen molar-refractivity contribution in [1.29, 1.82) is 0 Å². The number of nitrogens with one attached hydrogen (secondary N) is 1. The second kappa shape index (κ2) is 5.51. The third-order valence-corrected chi connectivity index (χ3v) is 3.60. The largest absolute Gasteiger partial charge is 0.304 e. The minimum atomic E-state index is 0.668. The van der Waals surface area contributed by atoms with Crippen LogP contribution in [0, 0.1) is 5.92 Å². The first-order valence-electron chi connectivity index (χ1n) is 5.21. The summed E-state index contributed by atoms with van der Waals surface area (Å²) in [6, 6.07) is 0.690. The van der Waals surface area contributed by atoms with E-state index in [9.17, 15) is 0 Å². The molecule has 1 rings (SSSR count). The van der Waals surface area contributed by atoms with Crippen LogP contribution in [0.2, 0.25) is 0 Å². The average Bonchev–Trinajstić information content (AvgIpc) is 1.98. The highest BCUT2D eigenvalue weighted by Crippen LogP contribution is 2.16. The lowest BCUT2D eigenvalue weighted by Gasteiger charge is -2.33. The maximum Gasteiger partial charge on any atom is 0.0597 e. The van der Waals surface area contributed by atoms with E-state index in [-0.39, 0.29) is 0 Å². The van der Waals surface area contributed by atoms with Crippen LogP contribution in [0.3, 0.4) is 0 Å². The number of alkyl halides is 1. The van der Waals surface area contributed by atoms with E-state index in [0.29, 0.717) is 10.1 Å². The van der Waals surface area contributed by atoms with E-state index in [0.717, 1.165) is 12.5 Å². The molecule has 0 saturated carbocycles. The highest BCUT2D eigenvalue weighted by molar-refractivity contribution is 14.1. The molecular weight excluding hydrogens is 275 g/mol. The van der Waals surface area contributed by atoms with Gasteiger partial charge < -0.3 is 5.32 Å². The Morgan fingerprint density at radius 2 is 2.15 bits per heavy atom. The van der Waals surface area contributed by atoms with Crippen molar-refractivity contribution in [2.24, 2.45) is 5.92 Å². The molecule has 0 aromatic heterocycles. The lowest BCUT2D eigenvalue weighted by atomic mass is 10.1. The third-order valence-electron chi connectivity index (χ3n) is 2.65. The first kappa shape index (κ1) is 11.7. The zero-order valence-electron chi connectivity index (χ0n) is 8.89. The van der Waals surface area contributed by atoms with Gasteiger partial charge in [-0.3, -0.25) is 4.90 Å². The Hall–Kier alpha value is 0.650. The molecule has 2 unspecified atom stereocenters. The second-order valence-corrected chi connectivity index (χ2v) is 5.85. The number of rotatable bonds is 1. The van der Waals surface area contributed by atoms with Gasteiger partial charge in [-0.05, 0) is 26.2 Å². The maximum absolute atomic E-state index is 3.54. The van der Waals surface area contributed by atoms with Gasteiger partial charge in [-0.25, -0.2) is 0 Å². The van der Waals surface area contributed by atoms with E-state index >= 15 is 0 Å². The van der Waals surface area contributed by atoms with Crippen LogP contribution < -0.4 is 5.32 Å². The number of hydrogen-bond acceptors (Lipinski definition) is 2. The molecule has 1 aliphatic rings. The monoisotopic (exact) mass is 296 g/mol. The molecule has 1 aliphatic heterocycles. The normalized spacial score (nSPS) is 33.0. The van der Waals surface area contributed by atoms with Crippen LogP contribution >= 0.6 is 22.6 Å². The molecule has 0 aliphatic carbocycles. The van der Waals surface area contributed by atoms with Crippen LogP contribution in [0.15, 0.2) is 0 Å². The third kappa shape index (κ3) is 4.13. The molecule has 0 aromatic rings. The van der Waals surface area contributed by atoms with Gasteiger partial charge >= 0.3 is 0 Å². The van der Waals surface area contributed by atoms with E-state index < -0.39 is 0 Å². The summed E-state index contributed by atoms with van der Waals surface area (Å²) in [7, 11) is 0. The predicted molar refractivity (Wildman–Crippen MR) is 66.3 cm³/mol. The van der Waals surface area contributed by atoms with Crippen molar-refractivity contribution in [3.63, 3.8) is 0 Å². The van der Waals surface area contributed by atoms with Crippen LogP contribution in [-0.4, -0.2) is 34.6 Å². The van der Waals surface area contributed by atoms with Gasteiger partial charge in [0.25, 0.3) is 0 Å². The Bertz CT molecular complexity index is 150. The van der Waals surface area contributed by atoms with Gasteiger partial charge in [0.1, 0.15) is 0 Å². The fourth-order valence-corrected chi connectivity index (χ4v) is 3.02. The molecule has 1 fully saturated rings. The molecule has 0 amide bonds. The van der Waals surface area contributed by atoms with E-state index in [1.165, 1.54) is 19.5 Å². The Labute approximate surface area is 95.6 Å². The van der Waals surface area contributed by atoms with Crippen molar-refractivity contribution < 1.29 is 0 Å². The van der Waals surface area contributed by atoms with Gasteiger partial charge in [-0.2, -0.15) is 0 Å². The van der Waals surface area contributed by atoms with Gasteiger partial charge in [0.15, 0.2) is 0 Å². The Kier molecular flexibility index (Phi) is 4.97. The predicted octanol–water partition coefficient (Wildman–Crippen LogP) is 2.09. The molecule has 0 aromatic carbocycles. The quantitative estimate of drug-likeness (QED) is 0.453. The van der Waals surface area contributed by atoms with Crippen molar-refractivity contribution in [1.82, 2.24) is 10.2 Å². The molecule has 0 spiro atoms. The van der Waals surface area contributed by atoms with E-state index in [1.807, 2.05) is 0 Å². The van der Waals surface area contributed by atoms with Gasteiger partial charge in [-0.1, -0.05) is 29.5 Å². The number of nitrogens with zero attached hydrogens (tertiary/aromatic N) is 1. The van der Waals surface area contributed by atoms with Crippen molar-refractivity contribution in [3.05, 3.63) is 0 Å². The van der Waals surface area contributed by atoms with Gasteiger partial charge in [-0.15, -0.1) is 0 Å². The van der Waals surface area contributed by atoms with E-state index in [2.05, 4.69) is 53.6 Å². The minimum Gasteiger partial charge on any atom is -0.304 e. The Morgan fingerprint density at radius 1 is 1.46 bits per heavy atom. The summed E-state index contributed by atoms with van der Waals surface area (Å²) in [5, 5.41) is 3.54. The summed E-state index contributed by atoms with van der Waals surface area (Å²) in [6.07, 6.45) is 1.30. The molecule has 1 heterocycles. The Balaban J connectivity index is 2.44. The molecule has 3 heteroatoms. The molecule has 13 heavy (non-hydrogen) atoms. The van der Waals surface area contributed by atoms with E-state index in [4.69, 9.17) is 0 Å². The average molecular weight is 296 g/mol. The highest BCUT2D eigenvalue weighted by atomic mass is 127. The van der Waals surface area contributed by atoms with Gasteiger partial charge in [0, 0.05) is 25.7 Å². The zero-order valence-corrected chi connectivity index (χ0v) is 11.0. The van der Waals surface area contributed by atoms with Crippen LogP contribution in [0.4, 0.5) is 0 Å². The summed E-state index contributed by atoms with van der Waals surface area (Å²) in [4.78, 5) is 2.57. The topological polar surface area (TPSA) is 15.3 Å². The van der Waals surface area contributed by atoms with Crippen LogP contribution in [0.1, 0.15) is 27.2 Å². The zero-order chi connectivity index (χ0) is 9.84. The van der Waals surface area contributed by atoms with Crippen molar-refractivity contribution >= 4 is 22.6 Å². The molecular formula is C10H21IN2. The van der Waals surface area contributed by atoms with Crippen LogP contribution in [-0.2, 0) is 0 Å². The smallest absolute Gasteiger partial charge is 0.0597 e. The van der Waals surface area contributed by atoms with Gasteiger partial charge in [0.2, 0.25) is 0 Å². The molecule has 2 atom stereocenters. The second-order valence-electron chi connectivity index (χ2n) is 4.35. The number of hydrogen-bond donors (Lipinski definition) is 1. The summed E-state index contributed by atoms with van der Waals surface area (Å²) in [5.41, 5.74) is 0. The Morgan fingerprint density at radius 3 is 2.77 bits per heavy atom. The van der Waals surface area contributed by atoms with Crippen LogP contribution in [0.25, 0.3) is 0 Å². The fourth-order valence-electron chi connectivity index (χ4n) is 1.84. The molecule has 1 N–H and O–H groups in total. The minimum absolute atomic E-state index is 0.668. The van der Waals surface area contributed by atoms with E-state index in [1.54, 1.807) is 0 Å². The summed E-state index contributed by atoms with van der Waals surface area (Å²) < 4.78 is 0.668. The molecule has 78 valence electrons. The summed E-state index contributed by atoms with van der Waals surface area (Å²) >= 11 is 2.51. The molecule has 2 nitrogen and oxygen atoms in total. The van der Waals surface area contributed by atoms with Crippen molar-refractivity contribution in [2.75, 3.05) is 19.6 Å². The molecule has 1 saturated heterocycles. The van der Waals surface area contributed by atoms with Crippen molar-refractivity contribution in [3.8, 4) is 0 Å². The van der Waals surface area contributed by atoms with Gasteiger partial charge in [0.05, 0.1) is 4.05 Å². The highest BCUT2D eigenvalue weighted by Gasteiger charge is 2.18.